The van der Waals surface area contributed by atoms with Crippen LogP contribution < -0.4 is 0 Å². The van der Waals surface area contributed by atoms with Crippen molar-refractivity contribution in [1.29, 1.82) is 0 Å². The molecule has 1 aromatic heterocycles. The van der Waals surface area contributed by atoms with Crippen molar-refractivity contribution in [3.63, 3.8) is 0 Å². The van der Waals surface area contributed by atoms with Crippen LogP contribution in [0.2, 0.25) is 0 Å². The van der Waals surface area contributed by atoms with Crippen molar-refractivity contribution in [3.8, 4) is 0 Å². The molecule has 1 heterocycles. The molecule has 1 aromatic rings. The van der Waals surface area contributed by atoms with Gasteiger partial charge in [-0.2, -0.15) is 0 Å². The number of carboxylic acids is 1. The Morgan fingerprint density at radius 2 is 2.47 bits per heavy atom. The van der Waals surface area contributed by atoms with Crippen molar-refractivity contribution in [3.05, 3.63) is 23.7 Å². The van der Waals surface area contributed by atoms with Gasteiger partial charge in [-0.25, -0.2) is 9.78 Å². The minimum absolute atomic E-state index is 0.0870. The van der Waals surface area contributed by atoms with Gasteiger partial charge in [0, 0.05) is 23.5 Å². The fourth-order valence-corrected chi connectivity index (χ4v) is 4.18. The number of hydrogen-bond acceptors (Lipinski definition) is 5. The van der Waals surface area contributed by atoms with Gasteiger partial charge in [-0.15, -0.1) is 17.9 Å². The Bertz CT molecular complexity index is 498. The SMILES string of the molecule is C=C[C@H]1CCC(=O)C1CCSc1nc(C(=O)O)cs1. The van der Waals surface area contributed by atoms with E-state index in [-0.39, 0.29) is 11.6 Å². The van der Waals surface area contributed by atoms with Gasteiger partial charge in [0.25, 0.3) is 0 Å². The van der Waals surface area contributed by atoms with Crippen LogP contribution in [0.4, 0.5) is 0 Å². The summed E-state index contributed by atoms with van der Waals surface area (Å²) < 4.78 is 0.748. The summed E-state index contributed by atoms with van der Waals surface area (Å²) in [6, 6.07) is 0. The van der Waals surface area contributed by atoms with Gasteiger partial charge in [-0.05, 0) is 18.8 Å². The van der Waals surface area contributed by atoms with E-state index in [1.165, 1.54) is 28.5 Å². The maximum atomic E-state index is 11.7. The summed E-state index contributed by atoms with van der Waals surface area (Å²) in [6.45, 7) is 3.78. The van der Waals surface area contributed by atoms with Crippen LogP contribution in [0, 0.1) is 11.8 Å². The summed E-state index contributed by atoms with van der Waals surface area (Å²) in [5, 5.41) is 10.3. The van der Waals surface area contributed by atoms with Crippen molar-refractivity contribution >= 4 is 34.9 Å². The summed E-state index contributed by atoms with van der Waals surface area (Å²) in [6.07, 6.45) is 4.26. The average Bonchev–Trinajstić information content (AvgIpc) is 2.98. The second-order valence-corrected chi connectivity index (χ2v) is 6.65. The van der Waals surface area contributed by atoms with Crippen molar-refractivity contribution in [1.82, 2.24) is 4.98 Å². The molecule has 4 nitrogen and oxygen atoms in total. The van der Waals surface area contributed by atoms with Crippen LogP contribution in [0.15, 0.2) is 22.4 Å². The van der Waals surface area contributed by atoms with Crippen LogP contribution in [0.1, 0.15) is 29.8 Å². The van der Waals surface area contributed by atoms with Gasteiger partial charge in [0.1, 0.15) is 5.78 Å². The normalized spacial score (nSPS) is 22.6. The molecular weight excluding hydrogens is 282 g/mol. The highest BCUT2D eigenvalue weighted by Crippen LogP contribution is 2.34. The van der Waals surface area contributed by atoms with E-state index in [1.807, 2.05) is 6.08 Å². The number of Topliss-reactive ketones (excluding diaryl/α,β-unsaturated/α-hetero) is 1. The van der Waals surface area contributed by atoms with Crippen LogP contribution in [0.5, 0.6) is 0 Å². The van der Waals surface area contributed by atoms with Gasteiger partial charge >= 0.3 is 5.97 Å². The predicted molar refractivity (Wildman–Crippen MR) is 75.8 cm³/mol. The van der Waals surface area contributed by atoms with Crippen LogP contribution >= 0.6 is 23.1 Å². The lowest BCUT2D eigenvalue weighted by atomic mass is 9.93. The van der Waals surface area contributed by atoms with E-state index in [0.29, 0.717) is 18.1 Å². The molecule has 0 aliphatic heterocycles. The standard InChI is InChI=1S/C13H15NO3S2/c1-2-8-3-4-11(15)9(8)5-6-18-13-14-10(7-19-13)12(16)17/h2,7-9H,1,3-6H2,(H,16,17)/t8-,9?/m0/s1. The third-order valence-electron chi connectivity index (χ3n) is 3.31. The Labute approximate surface area is 119 Å². The summed E-state index contributed by atoms with van der Waals surface area (Å²) in [5.41, 5.74) is 0.0911. The maximum Gasteiger partial charge on any atom is 0.355 e. The number of rotatable bonds is 6. The van der Waals surface area contributed by atoms with Crippen LogP contribution in [-0.4, -0.2) is 27.6 Å². The van der Waals surface area contributed by atoms with Gasteiger partial charge in [0.15, 0.2) is 10.0 Å². The van der Waals surface area contributed by atoms with Crippen LogP contribution in [0.3, 0.4) is 0 Å². The van der Waals surface area contributed by atoms with E-state index >= 15 is 0 Å². The number of allylic oxidation sites excluding steroid dienone is 1. The van der Waals surface area contributed by atoms with E-state index in [1.54, 1.807) is 0 Å². The molecule has 1 saturated carbocycles. The van der Waals surface area contributed by atoms with E-state index in [2.05, 4.69) is 11.6 Å². The Balaban J connectivity index is 1.84. The van der Waals surface area contributed by atoms with Gasteiger partial charge in [0.2, 0.25) is 0 Å². The molecule has 0 aromatic carbocycles. The number of nitrogens with zero attached hydrogens (tertiary/aromatic N) is 1. The first-order valence-electron chi connectivity index (χ1n) is 6.08. The van der Waals surface area contributed by atoms with Crippen molar-refractivity contribution in [2.45, 2.75) is 23.6 Å². The first-order chi connectivity index (χ1) is 9.11. The van der Waals surface area contributed by atoms with Crippen LogP contribution in [0.25, 0.3) is 0 Å². The Kier molecular flexibility index (Phi) is 4.76. The molecule has 6 heteroatoms. The largest absolute Gasteiger partial charge is 0.476 e. The molecule has 1 N–H and O–H groups in total. The van der Waals surface area contributed by atoms with E-state index in [9.17, 15) is 9.59 Å². The Morgan fingerprint density at radius 1 is 1.68 bits per heavy atom. The van der Waals surface area contributed by atoms with E-state index in [4.69, 9.17) is 5.11 Å². The zero-order valence-electron chi connectivity index (χ0n) is 10.4. The molecule has 0 spiro atoms. The van der Waals surface area contributed by atoms with Crippen molar-refractivity contribution in [2.24, 2.45) is 11.8 Å². The lowest BCUT2D eigenvalue weighted by Gasteiger charge is -2.13. The third kappa shape index (κ3) is 3.45. The van der Waals surface area contributed by atoms with Crippen molar-refractivity contribution in [2.75, 3.05) is 5.75 Å². The second-order valence-electron chi connectivity index (χ2n) is 4.45. The molecule has 102 valence electrons. The highest BCUT2D eigenvalue weighted by molar-refractivity contribution is 8.01. The predicted octanol–water partition coefficient (Wildman–Crippen LogP) is 3.10. The molecule has 2 atom stereocenters. The number of carbonyl (C=O) groups excluding carboxylic acids is 1. The number of thioether (sulfide) groups is 1. The first-order valence-corrected chi connectivity index (χ1v) is 7.95. The summed E-state index contributed by atoms with van der Waals surface area (Å²) >= 11 is 2.85. The van der Waals surface area contributed by atoms with Crippen LogP contribution in [-0.2, 0) is 4.79 Å². The number of aromatic nitrogens is 1. The van der Waals surface area contributed by atoms with Gasteiger partial charge < -0.3 is 5.11 Å². The number of thiazole rings is 1. The number of hydrogen-bond donors (Lipinski definition) is 1. The molecule has 1 fully saturated rings. The number of carbonyl (C=O) groups is 2. The number of ketones is 1. The lowest BCUT2D eigenvalue weighted by molar-refractivity contribution is -0.121. The maximum absolute atomic E-state index is 11.7. The fraction of sp³-hybridized carbons (Fsp3) is 0.462. The quantitative estimate of drug-likeness (QED) is 0.645. The minimum atomic E-state index is -0.999. The monoisotopic (exact) mass is 297 g/mol. The molecule has 1 aliphatic carbocycles. The average molecular weight is 297 g/mol. The van der Waals surface area contributed by atoms with Gasteiger partial charge in [0.05, 0.1) is 0 Å². The molecule has 0 radical (unpaired) electrons. The second kappa shape index (κ2) is 6.34. The topological polar surface area (TPSA) is 67.3 Å². The number of carboxylic acid groups (broad SMARTS) is 1. The number of aromatic carboxylic acids is 1. The Hall–Kier alpha value is -1.14. The van der Waals surface area contributed by atoms with E-state index < -0.39 is 5.97 Å². The molecule has 1 unspecified atom stereocenters. The highest BCUT2D eigenvalue weighted by atomic mass is 32.2. The Morgan fingerprint density at radius 3 is 3.11 bits per heavy atom. The zero-order valence-corrected chi connectivity index (χ0v) is 12.0. The highest BCUT2D eigenvalue weighted by Gasteiger charge is 2.32. The molecule has 0 saturated heterocycles. The summed E-state index contributed by atoms with van der Waals surface area (Å²) in [5.74, 6) is 0.507. The fourth-order valence-electron chi connectivity index (χ4n) is 2.29. The molecular formula is C13H15NO3S2. The smallest absolute Gasteiger partial charge is 0.355 e. The summed E-state index contributed by atoms with van der Waals surface area (Å²) in [4.78, 5) is 26.4. The van der Waals surface area contributed by atoms with Gasteiger partial charge in [-0.1, -0.05) is 17.8 Å². The molecule has 19 heavy (non-hydrogen) atoms. The lowest BCUT2D eigenvalue weighted by Crippen LogP contribution is -2.13. The molecule has 1 aliphatic rings. The van der Waals surface area contributed by atoms with Crippen molar-refractivity contribution < 1.29 is 14.7 Å². The summed E-state index contributed by atoms with van der Waals surface area (Å²) in [7, 11) is 0. The molecule has 2 rings (SSSR count). The molecule has 0 bridgehead atoms. The van der Waals surface area contributed by atoms with E-state index in [0.717, 1.165) is 22.9 Å². The van der Waals surface area contributed by atoms with Gasteiger partial charge in [-0.3, -0.25) is 4.79 Å². The third-order valence-corrected chi connectivity index (χ3v) is 5.37. The minimum Gasteiger partial charge on any atom is -0.476 e. The first kappa shape index (κ1) is 14.3. The molecule has 0 amide bonds. The zero-order chi connectivity index (χ0) is 13.8.